The number of hydrogen-bond acceptors (Lipinski definition) is 5. The number of aromatic amines is 1. The summed E-state index contributed by atoms with van der Waals surface area (Å²) in [6, 6.07) is 6.40. The fourth-order valence-electron chi connectivity index (χ4n) is 6.02. The smallest absolute Gasteiger partial charge is 0.119 e. The zero-order chi connectivity index (χ0) is 22.5. The van der Waals surface area contributed by atoms with Crippen LogP contribution in [0.5, 0.6) is 5.75 Å². The maximum absolute atomic E-state index is 5.46. The van der Waals surface area contributed by atoms with Gasteiger partial charge >= 0.3 is 0 Å². The third-order valence-corrected chi connectivity index (χ3v) is 8.07. The van der Waals surface area contributed by atoms with E-state index in [0.717, 1.165) is 18.7 Å². The second kappa shape index (κ2) is 11.2. The van der Waals surface area contributed by atoms with Crippen LogP contribution in [0.3, 0.4) is 0 Å². The van der Waals surface area contributed by atoms with E-state index in [1.165, 1.54) is 126 Å². The third kappa shape index (κ3) is 5.91. The molecule has 33 heavy (non-hydrogen) atoms. The minimum absolute atomic E-state index is 0.951. The molecule has 0 unspecified atom stereocenters. The Labute approximate surface area is 199 Å². The summed E-state index contributed by atoms with van der Waals surface area (Å²) in [4.78, 5) is 14.3. The van der Waals surface area contributed by atoms with Crippen molar-refractivity contribution < 1.29 is 4.74 Å². The van der Waals surface area contributed by atoms with Crippen molar-refractivity contribution in [2.24, 2.45) is 0 Å². The first-order chi connectivity index (χ1) is 16.3. The van der Waals surface area contributed by atoms with Gasteiger partial charge in [-0.05, 0) is 88.7 Å². The zero-order valence-corrected chi connectivity index (χ0v) is 20.7. The lowest BCUT2D eigenvalue weighted by Crippen LogP contribution is -2.47. The number of methoxy groups -OCH3 is 1. The highest BCUT2D eigenvalue weighted by Crippen LogP contribution is 2.30. The summed E-state index contributed by atoms with van der Waals surface area (Å²) in [7, 11) is 1.75. The molecule has 1 N–H and O–H groups in total. The van der Waals surface area contributed by atoms with Gasteiger partial charge in [-0.25, -0.2) is 0 Å². The molecule has 0 atom stereocenters. The number of nitrogens with zero attached hydrogens (tertiary/aromatic N) is 4. The maximum Gasteiger partial charge on any atom is 0.119 e. The number of piperidine rings is 1. The van der Waals surface area contributed by atoms with Crippen molar-refractivity contribution in [2.45, 2.75) is 45.1 Å². The summed E-state index contributed by atoms with van der Waals surface area (Å²) in [5.41, 5.74) is 4.15. The van der Waals surface area contributed by atoms with Gasteiger partial charge in [0.05, 0.1) is 7.11 Å². The first kappa shape index (κ1) is 23.2. The minimum atomic E-state index is 0.951. The van der Waals surface area contributed by atoms with E-state index < -0.39 is 0 Å². The molecule has 0 spiro atoms. The highest BCUT2D eigenvalue weighted by molar-refractivity contribution is 5.86. The van der Waals surface area contributed by atoms with Crippen LogP contribution < -0.4 is 4.74 Å². The van der Waals surface area contributed by atoms with E-state index in [0.29, 0.717) is 0 Å². The van der Waals surface area contributed by atoms with Crippen molar-refractivity contribution in [3.63, 3.8) is 0 Å². The molecule has 3 aliphatic rings. The van der Waals surface area contributed by atoms with E-state index in [-0.39, 0.29) is 0 Å². The molecule has 0 bridgehead atoms. The molecule has 2 aromatic rings. The third-order valence-electron chi connectivity index (χ3n) is 8.07. The number of fused-ring (bicyclic) bond motifs is 3. The lowest BCUT2D eigenvalue weighted by atomic mass is 10.0. The highest BCUT2D eigenvalue weighted by Gasteiger charge is 2.22. The molecule has 0 aliphatic carbocycles. The van der Waals surface area contributed by atoms with Crippen molar-refractivity contribution in [3.8, 4) is 5.75 Å². The second-order valence-electron chi connectivity index (χ2n) is 10.3. The summed E-state index contributed by atoms with van der Waals surface area (Å²) in [6.45, 7) is 14.9. The van der Waals surface area contributed by atoms with Crippen LogP contribution >= 0.6 is 0 Å². The average molecular weight is 454 g/mol. The number of rotatable bonds is 9. The number of piperazine rings is 1. The molecule has 1 aromatic heterocycles. The van der Waals surface area contributed by atoms with Crippen molar-refractivity contribution in [2.75, 3.05) is 79.1 Å². The van der Waals surface area contributed by atoms with Gasteiger partial charge in [0.15, 0.2) is 0 Å². The Kier molecular flexibility index (Phi) is 7.87. The van der Waals surface area contributed by atoms with E-state index in [4.69, 9.17) is 4.74 Å². The number of hydrogen-bond donors (Lipinski definition) is 1. The summed E-state index contributed by atoms with van der Waals surface area (Å²) >= 11 is 0. The Bertz CT molecular complexity index is 882. The maximum atomic E-state index is 5.46. The fraction of sp³-hybridized carbons (Fsp3) is 0.704. The summed E-state index contributed by atoms with van der Waals surface area (Å²) in [5, 5.41) is 1.34. The van der Waals surface area contributed by atoms with Crippen LogP contribution in [-0.4, -0.2) is 104 Å². The van der Waals surface area contributed by atoms with Crippen LogP contribution in [0.2, 0.25) is 0 Å². The number of likely N-dealkylation sites (tertiary alicyclic amines) is 1. The molecule has 5 rings (SSSR count). The van der Waals surface area contributed by atoms with Gasteiger partial charge in [-0.2, -0.15) is 0 Å². The highest BCUT2D eigenvalue weighted by atomic mass is 16.5. The minimum Gasteiger partial charge on any atom is -0.497 e. The number of nitrogens with one attached hydrogen (secondary N) is 1. The molecule has 4 heterocycles. The Morgan fingerprint density at radius 1 is 0.758 bits per heavy atom. The molecule has 182 valence electrons. The van der Waals surface area contributed by atoms with Gasteiger partial charge in [0.1, 0.15) is 5.75 Å². The fourth-order valence-corrected chi connectivity index (χ4v) is 6.02. The van der Waals surface area contributed by atoms with Gasteiger partial charge in [-0.15, -0.1) is 0 Å². The lowest BCUT2D eigenvalue weighted by Gasteiger charge is -2.36. The number of aromatic nitrogens is 1. The standard InChI is InChI=1S/C27H43N5O/c1-33-23-7-8-26-24(21-23)25-22-32(16-9-27(25)28-26)15-6-14-31-19-17-30(18-20-31)13-5-12-29-10-3-2-4-11-29/h7-8,21,28H,2-6,9-20,22H2,1H3. The topological polar surface area (TPSA) is 38.0 Å². The van der Waals surface area contributed by atoms with E-state index in [9.17, 15) is 0 Å². The zero-order valence-electron chi connectivity index (χ0n) is 20.7. The lowest BCUT2D eigenvalue weighted by molar-refractivity contribution is 0.119. The van der Waals surface area contributed by atoms with E-state index in [1.54, 1.807) is 7.11 Å². The van der Waals surface area contributed by atoms with Gasteiger partial charge in [0, 0.05) is 62.3 Å². The molecular weight excluding hydrogens is 410 g/mol. The predicted molar refractivity (Wildman–Crippen MR) is 136 cm³/mol. The summed E-state index contributed by atoms with van der Waals surface area (Å²) in [6.07, 6.45) is 8.01. The predicted octanol–water partition coefficient (Wildman–Crippen LogP) is 3.42. The SMILES string of the molecule is COc1ccc2[nH]c3c(c2c1)CN(CCCN1CCN(CCCN2CCCCC2)CC1)CC3. The van der Waals surface area contributed by atoms with Crippen molar-refractivity contribution in [1.82, 2.24) is 24.6 Å². The molecular formula is C27H43N5O. The van der Waals surface area contributed by atoms with Crippen molar-refractivity contribution in [3.05, 3.63) is 29.5 Å². The normalized spacial score (nSPS) is 21.5. The molecule has 2 fully saturated rings. The van der Waals surface area contributed by atoms with Gasteiger partial charge in [0.25, 0.3) is 0 Å². The van der Waals surface area contributed by atoms with Gasteiger partial charge in [0.2, 0.25) is 0 Å². The van der Waals surface area contributed by atoms with E-state index in [1.807, 2.05) is 0 Å². The van der Waals surface area contributed by atoms with Gasteiger partial charge in [-0.3, -0.25) is 4.90 Å². The van der Waals surface area contributed by atoms with Crippen LogP contribution in [-0.2, 0) is 13.0 Å². The Balaban J connectivity index is 1.00. The molecule has 6 nitrogen and oxygen atoms in total. The van der Waals surface area contributed by atoms with Crippen molar-refractivity contribution in [1.29, 1.82) is 0 Å². The number of benzene rings is 1. The molecule has 2 saturated heterocycles. The Morgan fingerprint density at radius 2 is 1.39 bits per heavy atom. The monoisotopic (exact) mass is 453 g/mol. The van der Waals surface area contributed by atoms with Crippen LogP contribution in [0, 0.1) is 0 Å². The summed E-state index contributed by atoms with van der Waals surface area (Å²) in [5.74, 6) is 0.951. The number of H-pyrrole nitrogens is 1. The second-order valence-corrected chi connectivity index (χ2v) is 10.3. The van der Waals surface area contributed by atoms with Crippen molar-refractivity contribution >= 4 is 10.9 Å². The van der Waals surface area contributed by atoms with Crippen LogP contribution in [0.4, 0.5) is 0 Å². The summed E-state index contributed by atoms with van der Waals surface area (Å²) < 4.78 is 5.46. The Morgan fingerprint density at radius 3 is 2.06 bits per heavy atom. The van der Waals surface area contributed by atoms with Gasteiger partial charge in [-0.1, -0.05) is 6.42 Å². The first-order valence-corrected chi connectivity index (χ1v) is 13.4. The van der Waals surface area contributed by atoms with Crippen LogP contribution in [0.15, 0.2) is 18.2 Å². The molecule has 0 saturated carbocycles. The quantitative estimate of drug-likeness (QED) is 0.630. The molecule has 0 amide bonds. The van der Waals surface area contributed by atoms with Crippen LogP contribution in [0.25, 0.3) is 10.9 Å². The molecule has 1 aromatic carbocycles. The molecule has 0 radical (unpaired) electrons. The van der Waals surface area contributed by atoms with E-state index >= 15 is 0 Å². The van der Waals surface area contributed by atoms with Gasteiger partial charge < -0.3 is 24.4 Å². The van der Waals surface area contributed by atoms with E-state index in [2.05, 4.69) is 42.8 Å². The average Bonchev–Trinajstić information content (AvgIpc) is 3.23. The first-order valence-electron chi connectivity index (χ1n) is 13.4. The molecule has 3 aliphatic heterocycles. The van der Waals surface area contributed by atoms with Crippen LogP contribution in [0.1, 0.15) is 43.4 Å². The molecule has 6 heteroatoms. The largest absolute Gasteiger partial charge is 0.497 e. The Hall–Kier alpha value is -1.60. The number of ether oxygens (including phenoxy) is 1.